The molecule has 0 bridgehead atoms. The molecule has 0 atom stereocenters. The first-order valence-corrected chi connectivity index (χ1v) is 8.00. The Hall–Kier alpha value is -2.29. The van der Waals surface area contributed by atoms with Crippen LogP contribution in [0.5, 0.6) is 0 Å². The molecule has 1 aromatic heterocycles. The van der Waals surface area contributed by atoms with Gasteiger partial charge in [-0.25, -0.2) is 4.98 Å². The lowest BCUT2D eigenvalue weighted by atomic mass is 10.1. The molecule has 0 fully saturated rings. The molecule has 0 aliphatic carbocycles. The summed E-state index contributed by atoms with van der Waals surface area (Å²) in [5.41, 5.74) is 5.31. The van der Waals surface area contributed by atoms with E-state index in [0.29, 0.717) is 5.89 Å². The van der Waals surface area contributed by atoms with Crippen LogP contribution in [0.2, 0.25) is 0 Å². The van der Waals surface area contributed by atoms with Crippen LogP contribution in [0.1, 0.15) is 26.3 Å². The highest BCUT2D eigenvalue weighted by Gasteiger charge is 2.09. The van der Waals surface area contributed by atoms with Crippen LogP contribution in [-0.2, 0) is 6.42 Å². The average Bonchev–Trinajstić information content (AvgIpc) is 2.99. The van der Waals surface area contributed by atoms with Crippen molar-refractivity contribution in [2.75, 3.05) is 18.0 Å². The van der Waals surface area contributed by atoms with E-state index in [2.05, 4.69) is 67.1 Å². The van der Waals surface area contributed by atoms with Crippen LogP contribution in [0, 0.1) is 0 Å². The first-order valence-electron chi connectivity index (χ1n) is 8.00. The Morgan fingerprint density at radius 1 is 0.955 bits per heavy atom. The van der Waals surface area contributed by atoms with Crippen molar-refractivity contribution in [3.8, 4) is 11.5 Å². The van der Waals surface area contributed by atoms with Gasteiger partial charge in [0, 0.05) is 24.3 Å². The van der Waals surface area contributed by atoms with E-state index in [1.54, 1.807) is 0 Å². The number of benzene rings is 2. The lowest BCUT2D eigenvalue weighted by molar-refractivity contribution is 0.620. The summed E-state index contributed by atoms with van der Waals surface area (Å²) in [6.45, 7) is 8.51. The predicted molar refractivity (Wildman–Crippen MR) is 92.4 cm³/mol. The van der Waals surface area contributed by atoms with E-state index in [4.69, 9.17) is 4.42 Å². The van der Waals surface area contributed by atoms with Gasteiger partial charge in [0.2, 0.25) is 5.89 Å². The number of nitrogens with zero attached hydrogens (tertiary/aromatic N) is 2. The van der Waals surface area contributed by atoms with Crippen LogP contribution in [0.4, 0.5) is 5.69 Å². The molecule has 2 aromatic carbocycles. The third-order valence-corrected chi connectivity index (χ3v) is 4.10. The van der Waals surface area contributed by atoms with Crippen molar-refractivity contribution in [3.63, 3.8) is 0 Å². The monoisotopic (exact) mass is 294 g/mol. The molecule has 0 aliphatic heterocycles. The molecule has 0 unspecified atom stereocenters. The summed E-state index contributed by atoms with van der Waals surface area (Å²) in [6, 6.07) is 14.6. The molecule has 3 rings (SSSR count). The predicted octanol–water partition coefficient (Wildman–Crippen LogP) is 4.90. The molecule has 0 radical (unpaired) electrons. The molecule has 22 heavy (non-hydrogen) atoms. The van der Waals surface area contributed by atoms with Gasteiger partial charge in [-0.15, -0.1) is 0 Å². The summed E-state index contributed by atoms with van der Waals surface area (Å²) in [7, 11) is 0. The number of hydrogen-bond acceptors (Lipinski definition) is 3. The number of fused-ring (bicyclic) bond motifs is 1. The Balaban J connectivity index is 1.93. The van der Waals surface area contributed by atoms with Gasteiger partial charge >= 0.3 is 0 Å². The second-order valence-corrected chi connectivity index (χ2v) is 5.39. The second kappa shape index (κ2) is 6.22. The summed E-state index contributed by atoms with van der Waals surface area (Å²) in [5.74, 6) is 0.689. The van der Waals surface area contributed by atoms with E-state index in [0.717, 1.165) is 36.2 Å². The van der Waals surface area contributed by atoms with E-state index in [1.807, 2.05) is 6.07 Å². The van der Waals surface area contributed by atoms with Crippen LogP contribution < -0.4 is 4.90 Å². The maximum atomic E-state index is 5.88. The van der Waals surface area contributed by atoms with Crippen LogP contribution >= 0.6 is 0 Å². The highest BCUT2D eigenvalue weighted by Crippen LogP contribution is 2.27. The lowest BCUT2D eigenvalue weighted by Crippen LogP contribution is -2.21. The highest BCUT2D eigenvalue weighted by atomic mass is 16.3. The van der Waals surface area contributed by atoms with Crippen LogP contribution in [0.3, 0.4) is 0 Å². The fraction of sp³-hybridized carbons (Fsp3) is 0.316. The molecule has 0 N–H and O–H groups in total. The van der Waals surface area contributed by atoms with Crippen molar-refractivity contribution in [2.24, 2.45) is 0 Å². The number of rotatable bonds is 5. The number of hydrogen-bond donors (Lipinski definition) is 0. The summed E-state index contributed by atoms with van der Waals surface area (Å²) < 4.78 is 5.88. The van der Waals surface area contributed by atoms with E-state index in [-0.39, 0.29) is 0 Å². The van der Waals surface area contributed by atoms with Gasteiger partial charge in [0.25, 0.3) is 0 Å². The molecule has 114 valence electrons. The summed E-state index contributed by atoms with van der Waals surface area (Å²) in [5, 5.41) is 0. The molecule has 0 aliphatic rings. The Morgan fingerprint density at radius 2 is 1.68 bits per heavy atom. The van der Waals surface area contributed by atoms with Crippen molar-refractivity contribution in [2.45, 2.75) is 27.2 Å². The fourth-order valence-corrected chi connectivity index (χ4v) is 2.72. The van der Waals surface area contributed by atoms with Gasteiger partial charge in [-0.1, -0.05) is 13.0 Å². The van der Waals surface area contributed by atoms with Crippen molar-refractivity contribution in [3.05, 3.63) is 48.0 Å². The minimum Gasteiger partial charge on any atom is -0.436 e. The molecule has 0 saturated carbocycles. The van der Waals surface area contributed by atoms with Crippen LogP contribution in [0.15, 0.2) is 46.9 Å². The number of oxazole rings is 1. The fourth-order valence-electron chi connectivity index (χ4n) is 2.72. The number of aromatic nitrogens is 1. The summed E-state index contributed by atoms with van der Waals surface area (Å²) in [4.78, 5) is 6.95. The molecular weight excluding hydrogens is 272 g/mol. The first-order chi connectivity index (χ1) is 10.7. The van der Waals surface area contributed by atoms with Crippen molar-refractivity contribution >= 4 is 16.8 Å². The Bertz CT molecular complexity index is 755. The standard InChI is InChI=1S/C19H22N2O/c1-4-14-7-12-18-17(13-14)20-19(22-18)15-8-10-16(11-9-15)21(5-2)6-3/h7-13H,4-6H2,1-3H3. The molecule has 3 nitrogen and oxygen atoms in total. The molecular formula is C19H22N2O. The van der Waals surface area contributed by atoms with E-state index < -0.39 is 0 Å². The van der Waals surface area contributed by atoms with E-state index >= 15 is 0 Å². The summed E-state index contributed by atoms with van der Waals surface area (Å²) in [6.07, 6.45) is 1.01. The zero-order valence-electron chi connectivity index (χ0n) is 13.5. The molecule has 3 aromatic rings. The molecule has 0 saturated heterocycles. The van der Waals surface area contributed by atoms with Crippen molar-refractivity contribution in [1.29, 1.82) is 0 Å². The van der Waals surface area contributed by atoms with Crippen molar-refractivity contribution < 1.29 is 4.42 Å². The van der Waals surface area contributed by atoms with Gasteiger partial charge in [0.05, 0.1) is 0 Å². The zero-order valence-corrected chi connectivity index (χ0v) is 13.5. The second-order valence-electron chi connectivity index (χ2n) is 5.39. The average molecular weight is 294 g/mol. The maximum absolute atomic E-state index is 5.88. The number of aryl methyl sites for hydroxylation is 1. The zero-order chi connectivity index (χ0) is 15.5. The Morgan fingerprint density at radius 3 is 2.32 bits per heavy atom. The van der Waals surface area contributed by atoms with E-state index in [9.17, 15) is 0 Å². The number of anilines is 1. The van der Waals surface area contributed by atoms with Gasteiger partial charge in [-0.3, -0.25) is 0 Å². The van der Waals surface area contributed by atoms with Gasteiger partial charge in [-0.2, -0.15) is 0 Å². The smallest absolute Gasteiger partial charge is 0.227 e. The Kier molecular flexibility index (Phi) is 4.14. The highest BCUT2D eigenvalue weighted by molar-refractivity contribution is 5.77. The van der Waals surface area contributed by atoms with Gasteiger partial charge in [-0.05, 0) is 62.2 Å². The van der Waals surface area contributed by atoms with Gasteiger partial charge in [0.1, 0.15) is 5.52 Å². The Labute approximate surface area is 131 Å². The largest absolute Gasteiger partial charge is 0.436 e. The molecule has 0 amide bonds. The molecule has 0 spiro atoms. The molecule has 1 heterocycles. The summed E-state index contributed by atoms with van der Waals surface area (Å²) >= 11 is 0. The maximum Gasteiger partial charge on any atom is 0.227 e. The molecule has 3 heteroatoms. The third kappa shape index (κ3) is 2.71. The minimum atomic E-state index is 0.689. The lowest BCUT2D eigenvalue weighted by Gasteiger charge is -2.20. The first kappa shape index (κ1) is 14.6. The van der Waals surface area contributed by atoms with Gasteiger partial charge in [0.15, 0.2) is 5.58 Å². The SMILES string of the molecule is CCc1ccc2oc(-c3ccc(N(CC)CC)cc3)nc2c1. The van der Waals surface area contributed by atoms with Crippen LogP contribution in [-0.4, -0.2) is 18.1 Å². The normalized spacial score (nSPS) is 11.0. The van der Waals surface area contributed by atoms with Crippen molar-refractivity contribution in [1.82, 2.24) is 4.98 Å². The van der Waals surface area contributed by atoms with Gasteiger partial charge < -0.3 is 9.32 Å². The minimum absolute atomic E-state index is 0.689. The quantitative estimate of drug-likeness (QED) is 0.670. The van der Waals surface area contributed by atoms with Crippen LogP contribution in [0.25, 0.3) is 22.6 Å². The topological polar surface area (TPSA) is 29.3 Å². The third-order valence-electron chi connectivity index (χ3n) is 4.10. The van der Waals surface area contributed by atoms with E-state index in [1.165, 1.54) is 11.3 Å².